The van der Waals surface area contributed by atoms with Gasteiger partial charge in [-0.1, -0.05) is 0 Å². The lowest BCUT2D eigenvalue weighted by atomic mass is 9.92. The van der Waals surface area contributed by atoms with Crippen molar-refractivity contribution in [3.63, 3.8) is 0 Å². The molecule has 1 aliphatic heterocycles. The van der Waals surface area contributed by atoms with Crippen LogP contribution in [-0.4, -0.2) is 29.6 Å². The second-order valence-electron chi connectivity index (χ2n) is 4.08. The lowest BCUT2D eigenvalue weighted by Gasteiger charge is -2.34. The third-order valence-corrected chi connectivity index (χ3v) is 3.05. The number of aliphatic carboxylic acids is 1. The average molecular weight is 209 g/mol. The minimum atomic E-state index is -0.695. The maximum Gasteiger partial charge on any atom is 0.307 e. The predicted molar refractivity (Wildman–Crippen MR) is 54.4 cm³/mol. The number of furan rings is 1. The average Bonchev–Trinajstić information content (AvgIpc) is 2.70. The second kappa shape index (κ2) is 4.06. The van der Waals surface area contributed by atoms with E-state index in [4.69, 9.17) is 9.52 Å². The van der Waals surface area contributed by atoms with Gasteiger partial charge < -0.3 is 9.52 Å². The number of hydrogen-bond acceptors (Lipinski definition) is 3. The van der Waals surface area contributed by atoms with Crippen molar-refractivity contribution in [3.8, 4) is 0 Å². The van der Waals surface area contributed by atoms with Gasteiger partial charge in [0.15, 0.2) is 0 Å². The van der Waals surface area contributed by atoms with E-state index in [-0.39, 0.29) is 12.0 Å². The van der Waals surface area contributed by atoms with Crippen molar-refractivity contribution >= 4 is 5.97 Å². The second-order valence-corrected chi connectivity index (χ2v) is 4.08. The van der Waals surface area contributed by atoms with Gasteiger partial charge in [0.1, 0.15) is 5.76 Å². The smallest absolute Gasteiger partial charge is 0.307 e. The first kappa shape index (κ1) is 10.2. The van der Waals surface area contributed by atoms with E-state index in [0.29, 0.717) is 6.54 Å². The molecule has 1 aromatic rings. The molecule has 0 aliphatic carbocycles. The van der Waals surface area contributed by atoms with Gasteiger partial charge >= 0.3 is 5.97 Å². The summed E-state index contributed by atoms with van der Waals surface area (Å²) in [6.45, 7) is 0.598. The van der Waals surface area contributed by atoms with Crippen LogP contribution in [0.3, 0.4) is 0 Å². The molecule has 1 fully saturated rings. The number of carboxylic acid groups (broad SMARTS) is 1. The molecule has 0 amide bonds. The first-order valence-corrected chi connectivity index (χ1v) is 5.15. The molecule has 4 heteroatoms. The minimum Gasteiger partial charge on any atom is -0.481 e. The molecule has 2 atom stereocenters. The first-order valence-electron chi connectivity index (χ1n) is 5.15. The number of likely N-dealkylation sites (tertiary alicyclic amines) is 1. The fourth-order valence-electron chi connectivity index (χ4n) is 2.19. The third kappa shape index (κ3) is 2.04. The molecule has 4 nitrogen and oxygen atoms in total. The highest BCUT2D eigenvalue weighted by atomic mass is 16.4. The minimum absolute atomic E-state index is 0.232. The number of rotatable bonds is 2. The van der Waals surface area contributed by atoms with Crippen molar-refractivity contribution < 1.29 is 14.3 Å². The lowest BCUT2D eigenvalue weighted by molar-refractivity contribution is -0.144. The molecule has 1 saturated heterocycles. The summed E-state index contributed by atoms with van der Waals surface area (Å²) in [4.78, 5) is 12.9. The van der Waals surface area contributed by atoms with E-state index in [2.05, 4.69) is 4.90 Å². The van der Waals surface area contributed by atoms with Crippen LogP contribution >= 0.6 is 0 Å². The number of carboxylic acids is 1. The Balaban J connectivity index is 2.04. The van der Waals surface area contributed by atoms with Crippen LogP contribution in [0.5, 0.6) is 0 Å². The molecule has 0 radical (unpaired) electrons. The van der Waals surface area contributed by atoms with E-state index in [1.807, 2.05) is 19.2 Å². The summed E-state index contributed by atoms with van der Waals surface area (Å²) in [5.41, 5.74) is 0. The van der Waals surface area contributed by atoms with Gasteiger partial charge in [-0.15, -0.1) is 0 Å². The van der Waals surface area contributed by atoms with Crippen LogP contribution in [0.1, 0.15) is 24.6 Å². The van der Waals surface area contributed by atoms with E-state index < -0.39 is 5.97 Å². The Morgan fingerprint density at radius 3 is 2.93 bits per heavy atom. The van der Waals surface area contributed by atoms with E-state index in [1.54, 1.807) is 6.26 Å². The zero-order valence-corrected chi connectivity index (χ0v) is 8.72. The Morgan fingerprint density at radius 2 is 2.40 bits per heavy atom. The highest BCUT2D eigenvalue weighted by Gasteiger charge is 2.31. The zero-order chi connectivity index (χ0) is 10.8. The Labute approximate surface area is 88.5 Å². The van der Waals surface area contributed by atoms with Gasteiger partial charge in [-0.25, -0.2) is 0 Å². The summed E-state index contributed by atoms with van der Waals surface area (Å²) in [6.07, 6.45) is 3.23. The maximum absolute atomic E-state index is 10.8. The normalized spacial score (nSPS) is 27.8. The number of piperidine rings is 1. The van der Waals surface area contributed by atoms with Crippen molar-refractivity contribution in [3.05, 3.63) is 24.2 Å². The molecule has 1 aliphatic rings. The van der Waals surface area contributed by atoms with Crippen LogP contribution in [0.4, 0.5) is 0 Å². The largest absolute Gasteiger partial charge is 0.481 e. The van der Waals surface area contributed by atoms with Crippen molar-refractivity contribution in [2.24, 2.45) is 5.92 Å². The first-order chi connectivity index (χ1) is 7.18. The summed E-state index contributed by atoms with van der Waals surface area (Å²) in [7, 11) is 1.95. The van der Waals surface area contributed by atoms with E-state index in [0.717, 1.165) is 18.6 Å². The van der Waals surface area contributed by atoms with Gasteiger partial charge in [0, 0.05) is 6.54 Å². The molecule has 2 heterocycles. The molecular formula is C11H15NO3. The van der Waals surface area contributed by atoms with E-state index >= 15 is 0 Å². The van der Waals surface area contributed by atoms with Crippen molar-refractivity contribution in [2.75, 3.05) is 13.6 Å². The molecule has 1 aromatic heterocycles. The number of hydrogen-bond donors (Lipinski definition) is 1. The van der Waals surface area contributed by atoms with Crippen molar-refractivity contribution in [1.29, 1.82) is 0 Å². The van der Waals surface area contributed by atoms with Gasteiger partial charge in [-0.3, -0.25) is 9.69 Å². The molecule has 82 valence electrons. The van der Waals surface area contributed by atoms with Crippen LogP contribution in [0, 0.1) is 5.92 Å². The quantitative estimate of drug-likeness (QED) is 0.806. The summed E-state index contributed by atoms with van der Waals surface area (Å²) in [5, 5.41) is 8.92. The van der Waals surface area contributed by atoms with E-state index in [9.17, 15) is 4.79 Å². The van der Waals surface area contributed by atoms with Gasteiger partial charge in [0.25, 0.3) is 0 Å². The van der Waals surface area contributed by atoms with Crippen molar-refractivity contribution in [1.82, 2.24) is 4.90 Å². The maximum atomic E-state index is 10.8. The summed E-state index contributed by atoms with van der Waals surface area (Å²) in [6, 6.07) is 4.05. The zero-order valence-electron chi connectivity index (χ0n) is 8.72. The Morgan fingerprint density at radius 1 is 1.60 bits per heavy atom. The topological polar surface area (TPSA) is 53.7 Å². The fourth-order valence-corrected chi connectivity index (χ4v) is 2.19. The monoisotopic (exact) mass is 209 g/mol. The van der Waals surface area contributed by atoms with Crippen LogP contribution in [0.15, 0.2) is 22.8 Å². The lowest BCUT2D eigenvalue weighted by Crippen LogP contribution is -2.38. The Bertz CT molecular complexity index is 334. The van der Waals surface area contributed by atoms with E-state index in [1.165, 1.54) is 0 Å². The van der Waals surface area contributed by atoms with Gasteiger partial charge in [-0.05, 0) is 32.0 Å². The van der Waals surface area contributed by atoms with Crippen LogP contribution in [-0.2, 0) is 4.79 Å². The third-order valence-electron chi connectivity index (χ3n) is 3.05. The number of nitrogens with zero attached hydrogens (tertiary/aromatic N) is 1. The van der Waals surface area contributed by atoms with Crippen LogP contribution < -0.4 is 0 Å². The Kier molecular flexibility index (Phi) is 2.77. The molecule has 2 unspecified atom stereocenters. The SMILES string of the molecule is CN1CC(C(=O)O)CCC1c1ccco1. The van der Waals surface area contributed by atoms with Crippen LogP contribution in [0.2, 0.25) is 0 Å². The van der Waals surface area contributed by atoms with Crippen LogP contribution in [0.25, 0.3) is 0 Å². The molecule has 15 heavy (non-hydrogen) atoms. The highest BCUT2D eigenvalue weighted by molar-refractivity contribution is 5.70. The molecule has 2 rings (SSSR count). The molecule has 0 aromatic carbocycles. The fraction of sp³-hybridized carbons (Fsp3) is 0.545. The molecule has 0 saturated carbocycles. The predicted octanol–water partition coefficient (Wildman–Crippen LogP) is 1.75. The van der Waals surface area contributed by atoms with Gasteiger partial charge in [0.2, 0.25) is 0 Å². The summed E-state index contributed by atoms with van der Waals surface area (Å²) >= 11 is 0. The van der Waals surface area contributed by atoms with Crippen molar-refractivity contribution in [2.45, 2.75) is 18.9 Å². The van der Waals surface area contributed by atoms with Gasteiger partial charge in [-0.2, -0.15) is 0 Å². The Hall–Kier alpha value is -1.29. The molecule has 0 spiro atoms. The standard InChI is InChI=1S/C11H15NO3/c1-12-7-8(11(13)14)4-5-9(12)10-3-2-6-15-10/h2-3,6,8-9H,4-5,7H2,1H3,(H,13,14). The number of carbonyl (C=O) groups is 1. The van der Waals surface area contributed by atoms with Gasteiger partial charge in [0.05, 0.1) is 18.2 Å². The summed E-state index contributed by atoms with van der Waals surface area (Å²) in [5.74, 6) is 0.00213. The highest BCUT2D eigenvalue weighted by Crippen LogP contribution is 2.32. The molecule has 1 N–H and O–H groups in total. The molecule has 0 bridgehead atoms. The molecular weight excluding hydrogens is 194 g/mol. The summed E-state index contributed by atoms with van der Waals surface area (Å²) < 4.78 is 5.35.